The monoisotopic (exact) mass is 261 g/mol. The van der Waals surface area contributed by atoms with Crippen LogP contribution in [0, 0.1) is 20.8 Å². The molecule has 4 nitrogen and oxygen atoms in total. The number of carbonyl (C=O) groups is 2. The zero-order chi connectivity index (χ0) is 14.2. The molecule has 0 aliphatic heterocycles. The average Bonchev–Trinajstić information content (AvgIpc) is 3.04. The fourth-order valence-corrected chi connectivity index (χ4v) is 2.48. The first-order valence-electron chi connectivity index (χ1n) is 6.45. The summed E-state index contributed by atoms with van der Waals surface area (Å²) in [5.74, 6) is -1.15. The van der Waals surface area contributed by atoms with Crippen molar-refractivity contribution >= 4 is 11.9 Å². The second-order valence-electron chi connectivity index (χ2n) is 5.49. The summed E-state index contributed by atoms with van der Waals surface area (Å²) in [6.45, 7) is 5.98. The molecule has 1 aliphatic carbocycles. The normalized spacial score (nSPS) is 15.9. The first-order valence-corrected chi connectivity index (χ1v) is 6.45. The van der Waals surface area contributed by atoms with E-state index in [1.165, 1.54) is 5.56 Å². The molecule has 0 atom stereocenters. The summed E-state index contributed by atoms with van der Waals surface area (Å²) in [7, 11) is 0. The van der Waals surface area contributed by atoms with Gasteiger partial charge in [-0.25, -0.2) is 4.79 Å². The van der Waals surface area contributed by atoms with E-state index in [1.807, 2.05) is 32.9 Å². The van der Waals surface area contributed by atoms with Gasteiger partial charge < -0.3 is 10.4 Å². The highest BCUT2D eigenvalue weighted by atomic mass is 16.4. The van der Waals surface area contributed by atoms with Crippen LogP contribution in [-0.4, -0.2) is 22.5 Å². The molecule has 1 amide bonds. The van der Waals surface area contributed by atoms with E-state index in [9.17, 15) is 9.59 Å². The molecule has 0 saturated heterocycles. The number of aryl methyl sites for hydroxylation is 3. The standard InChI is InChI=1S/C15H19NO3/c1-9-6-10(2)12(11(3)7-9)8-13(17)16-15(4-5-15)14(18)19/h6-7H,4-5,8H2,1-3H3,(H,16,17)(H,18,19). The summed E-state index contributed by atoms with van der Waals surface area (Å²) < 4.78 is 0. The molecule has 1 aromatic rings. The number of aliphatic carboxylic acids is 1. The molecule has 1 saturated carbocycles. The first-order chi connectivity index (χ1) is 8.84. The van der Waals surface area contributed by atoms with E-state index in [0.29, 0.717) is 12.8 Å². The molecule has 1 aromatic carbocycles. The Bertz CT molecular complexity index is 521. The van der Waals surface area contributed by atoms with E-state index < -0.39 is 11.5 Å². The van der Waals surface area contributed by atoms with Gasteiger partial charge in [0, 0.05) is 0 Å². The Balaban J connectivity index is 2.10. The number of hydrogen-bond acceptors (Lipinski definition) is 2. The highest BCUT2D eigenvalue weighted by Crippen LogP contribution is 2.35. The molecular weight excluding hydrogens is 242 g/mol. The lowest BCUT2D eigenvalue weighted by Gasteiger charge is -2.15. The molecule has 0 unspecified atom stereocenters. The van der Waals surface area contributed by atoms with Crippen LogP contribution in [0.2, 0.25) is 0 Å². The van der Waals surface area contributed by atoms with Crippen molar-refractivity contribution in [2.24, 2.45) is 0 Å². The van der Waals surface area contributed by atoms with E-state index in [0.717, 1.165) is 16.7 Å². The van der Waals surface area contributed by atoms with Gasteiger partial charge in [0.1, 0.15) is 5.54 Å². The van der Waals surface area contributed by atoms with E-state index in [4.69, 9.17) is 5.11 Å². The largest absolute Gasteiger partial charge is 0.480 e. The number of rotatable bonds is 4. The third kappa shape index (κ3) is 2.78. The minimum Gasteiger partial charge on any atom is -0.480 e. The zero-order valence-corrected chi connectivity index (χ0v) is 11.5. The number of hydrogen-bond donors (Lipinski definition) is 2. The van der Waals surface area contributed by atoms with E-state index in [-0.39, 0.29) is 12.3 Å². The predicted octanol–water partition coefficient (Wildman–Crippen LogP) is 1.89. The van der Waals surface area contributed by atoms with Crippen LogP contribution in [0.15, 0.2) is 12.1 Å². The first kappa shape index (κ1) is 13.6. The molecule has 1 fully saturated rings. The van der Waals surface area contributed by atoms with Gasteiger partial charge in [-0.3, -0.25) is 4.79 Å². The zero-order valence-electron chi connectivity index (χ0n) is 11.5. The van der Waals surface area contributed by atoms with E-state index >= 15 is 0 Å². The molecule has 0 aromatic heterocycles. The Hall–Kier alpha value is -1.84. The number of amides is 1. The number of nitrogens with one attached hydrogen (secondary N) is 1. The summed E-state index contributed by atoms with van der Waals surface area (Å²) in [6.07, 6.45) is 1.30. The van der Waals surface area contributed by atoms with Crippen molar-refractivity contribution in [3.05, 3.63) is 34.4 Å². The summed E-state index contributed by atoms with van der Waals surface area (Å²) in [4.78, 5) is 23.0. The van der Waals surface area contributed by atoms with Gasteiger partial charge in [-0.15, -0.1) is 0 Å². The quantitative estimate of drug-likeness (QED) is 0.869. The Kier molecular flexibility index (Phi) is 3.35. The maximum absolute atomic E-state index is 12.0. The molecule has 2 rings (SSSR count). The molecule has 0 spiro atoms. The summed E-state index contributed by atoms with van der Waals surface area (Å²) in [5, 5.41) is 11.7. The van der Waals surface area contributed by atoms with Gasteiger partial charge in [0.15, 0.2) is 0 Å². The predicted molar refractivity (Wildman–Crippen MR) is 72.1 cm³/mol. The Morgan fingerprint density at radius 2 is 1.74 bits per heavy atom. The molecule has 0 radical (unpaired) electrons. The van der Waals surface area contributed by atoms with E-state index in [1.54, 1.807) is 0 Å². The van der Waals surface area contributed by atoms with Gasteiger partial charge in [0.25, 0.3) is 0 Å². The highest BCUT2D eigenvalue weighted by Gasteiger charge is 2.51. The van der Waals surface area contributed by atoms with Crippen LogP contribution < -0.4 is 5.32 Å². The maximum atomic E-state index is 12.0. The van der Waals surface area contributed by atoms with Crippen molar-refractivity contribution in [1.29, 1.82) is 0 Å². The van der Waals surface area contributed by atoms with Gasteiger partial charge in [-0.05, 0) is 50.3 Å². The van der Waals surface area contributed by atoms with Crippen molar-refractivity contribution < 1.29 is 14.7 Å². The van der Waals surface area contributed by atoms with Crippen LogP contribution in [0.5, 0.6) is 0 Å². The lowest BCUT2D eigenvalue weighted by atomic mass is 9.97. The second kappa shape index (κ2) is 4.68. The van der Waals surface area contributed by atoms with Gasteiger partial charge >= 0.3 is 5.97 Å². The SMILES string of the molecule is Cc1cc(C)c(CC(=O)NC2(C(=O)O)CC2)c(C)c1. The van der Waals surface area contributed by atoms with E-state index in [2.05, 4.69) is 5.32 Å². The van der Waals surface area contributed by atoms with Crippen LogP contribution >= 0.6 is 0 Å². The molecular formula is C15H19NO3. The topological polar surface area (TPSA) is 66.4 Å². The fraction of sp³-hybridized carbons (Fsp3) is 0.467. The average molecular weight is 261 g/mol. The molecule has 1 aliphatic rings. The third-order valence-electron chi connectivity index (χ3n) is 3.72. The Labute approximate surface area is 112 Å². The lowest BCUT2D eigenvalue weighted by Crippen LogP contribution is -2.43. The van der Waals surface area contributed by atoms with Crippen LogP contribution in [0.3, 0.4) is 0 Å². The third-order valence-corrected chi connectivity index (χ3v) is 3.72. The summed E-state index contributed by atoms with van der Waals surface area (Å²) >= 11 is 0. The molecule has 4 heteroatoms. The summed E-state index contributed by atoms with van der Waals surface area (Å²) in [6, 6.07) is 4.08. The minimum absolute atomic E-state index is 0.213. The van der Waals surface area contributed by atoms with Crippen LogP contribution in [-0.2, 0) is 16.0 Å². The van der Waals surface area contributed by atoms with Crippen LogP contribution in [0.25, 0.3) is 0 Å². The molecule has 0 bridgehead atoms. The van der Waals surface area contributed by atoms with Gasteiger partial charge in [0.2, 0.25) is 5.91 Å². The van der Waals surface area contributed by atoms with Crippen molar-refractivity contribution in [2.75, 3.05) is 0 Å². The fourth-order valence-electron chi connectivity index (χ4n) is 2.48. The Morgan fingerprint density at radius 1 is 1.21 bits per heavy atom. The molecule has 102 valence electrons. The second-order valence-corrected chi connectivity index (χ2v) is 5.49. The maximum Gasteiger partial charge on any atom is 0.329 e. The van der Waals surface area contributed by atoms with Crippen LogP contribution in [0.1, 0.15) is 35.1 Å². The van der Waals surface area contributed by atoms with Crippen molar-refractivity contribution in [3.8, 4) is 0 Å². The van der Waals surface area contributed by atoms with Crippen molar-refractivity contribution in [3.63, 3.8) is 0 Å². The summed E-state index contributed by atoms with van der Waals surface area (Å²) in [5.41, 5.74) is 3.32. The number of benzene rings is 1. The molecule has 0 heterocycles. The molecule has 2 N–H and O–H groups in total. The molecule has 19 heavy (non-hydrogen) atoms. The minimum atomic E-state index is -0.996. The Morgan fingerprint density at radius 3 is 2.16 bits per heavy atom. The number of carbonyl (C=O) groups excluding carboxylic acids is 1. The number of carboxylic acid groups (broad SMARTS) is 1. The smallest absolute Gasteiger partial charge is 0.329 e. The lowest BCUT2D eigenvalue weighted by molar-refractivity contribution is -0.143. The van der Waals surface area contributed by atoms with Gasteiger partial charge in [0.05, 0.1) is 6.42 Å². The van der Waals surface area contributed by atoms with Crippen molar-refractivity contribution in [2.45, 2.75) is 45.6 Å². The number of carboxylic acids is 1. The van der Waals surface area contributed by atoms with Crippen LogP contribution in [0.4, 0.5) is 0 Å². The highest BCUT2D eigenvalue weighted by molar-refractivity contribution is 5.90. The van der Waals surface area contributed by atoms with Gasteiger partial charge in [-0.2, -0.15) is 0 Å². The van der Waals surface area contributed by atoms with Crippen molar-refractivity contribution in [1.82, 2.24) is 5.32 Å². The van der Waals surface area contributed by atoms with Gasteiger partial charge in [-0.1, -0.05) is 17.7 Å².